The molecule has 3 atom stereocenters. The van der Waals surface area contributed by atoms with Crippen molar-refractivity contribution in [2.45, 2.75) is 35.7 Å². The average Bonchev–Trinajstić information content (AvgIpc) is 2.98. The van der Waals surface area contributed by atoms with Crippen LogP contribution >= 0.6 is 0 Å². The van der Waals surface area contributed by atoms with Gasteiger partial charge in [0, 0.05) is 30.2 Å². The van der Waals surface area contributed by atoms with E-state index in [9.17, 15) is 32.8 Å². The van der Waals surface area contributed by atoms with E-state index < -0.39 is 40.0 Å². The Bertz CT molecular complexity index is 1360. The van der Waals surface area contributed by atoms with E-state index in [2.05, 4.69) is 0 Å². The number of nitrogens with zero attached hydrogens (tertiary/aromatic N) is 2. The number of hydrogen-bond acceptors (Lipinski definition) is 5. The van der Waals surface area contributed by atoms with Gasteiger partial charge < -0.3 is 5.11 Å². The SMILES string of the molecule is CS(=O)(=O)c1ccc(C2=CC[C@H](F)c3cc(F)cc(C#N)c32)c2c1[C@H](O)[C@@](F)(C#N)C2. The number of fused-ring (bicyclic) bond motifs is 2. The summed E-state index contributed by atoms with van der Waals surface area (Å²) in [5.74, 6) is -0.778. The van der Waals surface area contributed by atoms with Gasteiger partial charge in [0.1, 0.15) is 24.2 Å². The first kappa shape index (κ1) is 21.1. The van der Waals surface area contributed by atoms with Gasteiger partial charge in [-0.1, -0.05) is 12.1 Å². The van der Waals surface area contributed by atoms with Gasteiger partial charge in [-0.3, -0.25) is 0 Å². The van der Waals surface area contributed by atoms with Gasteiger partial charge in [0.25, 0.3) is 0 Å². The lowest BCUT2D eigenvalue weighted by Crippen LogP contribution is -2.26. The Hall–Kier alpha value is -3.14. The van der Waals surface area contributed by atoms with Crippen LogP contribution in [0.4, 0.5) is 13.2 Å². The predicted octanol–water partition coefficient (Wildman–Crippen LogP) is 3.77. The summed E-state index contributed by atoms with van der Waals surface area (Å²) < 4.78 is 68.1. The molecule has 0 fully saturated rings. The predicted molar refractivity (Wildman–Crippen MR) is 104 cm³/mol. The first-order valence-electron chi connectivity index (χ1n) is 9.24. The lowest BCUT2D eigenvalue weighted by atomic mass is 9.81. The first-order chi connectivity index (χ1) is 14.5. The number of alkyl halides is 2. The number of sulfone groups is 1. The third kappa shape index (κ3) is 3.13. The molecule has 0 saturated carbocycles. The Morgan fingerprint density at radius 3 is 2.58 bits per heavy atom. The van der Waals surface area contributed by atoms with E-state index in [0.29, 0.717) is 5.57 Å². The minimum Gasteiger partial charge on any atom is -0.384 e. The van der Waals surface area contributed by atoms with Crippen LogP contribution in [0.15, 0.2) is 35.2 Å². The van der Waals surface area contributed by atoms with Gasteiger partial charge in [0.05, 0.1) is 16.5 Å². The normalized spacial score (nSPS) is 24.5. The number of nitriles is 2. The molecule has 158 valence electrons. The van der Waals surface area contributed by atoms with Gasteiger partial charge in [-0.2, -0.15) is 10.5 Å². The van der Waals surface area contributed by atoms with Gasteiger partial charge in [-0.05, 0) is 40.5 Å². The second kappa shape index (κ2) is 6.94. The molecule has 0 heterocycles. The van der Waals surface area contributed by atoms with E-state index in [4.69, 9.17) is 0 Å². The first-order valence-corrected chi connectivity index (χ1v) is 11.1. The van der Waals surface area contributed by atoms with Gasteiger partial charge in [-0.15, -0.1) is 0 Å². The highest BCUT2D eigenvalue weighted by molar-refractivity contribution is 7.90. The number of benzene rings is 2. The molecule has 0 aromatic heterocycles. The van der Waals surface area contributed by atoms with Crippen molar-refractivity contribution >= 4 is 15.4 Å². The Labute approximate surface area is 176 Å². The van der Waals surface area contributed by atoms with E-state index in [0.717, 1.165) is 18.4 Å². The minimum atomic E-state index is -3.87. The molecule has 0 unspecified atom stereocenters. The third-order valence-electron chi connectivity index (χ3n) is 5.72. The highest BCUT2D eigenvalue weighted by Gasteiger charge is 2.50. The molecule has 2 aliphatic carbocycles. The van der Waals surface area contributed by atoms with Crippen molar-refractivity contribution in [1.82, 2.24) is 0 Å². The number of allylic oxidation sites excluding steroid dienone is 1. The van der Waals surface area contributed by atoms with Crippen molar-refractivity contribution in [1.29, 1.82) is 10.5 Å². The molecule has 31 heavy (non-hydrogen) atoms. The summed E-state index contributed by atoms with van der Waals surface area (Å²) in [5.41, 5.74) is -2.38. The maximum Gasteiger partial charge on any atom is 0.229 e. The Morgan fingerprint density at radius 1 is 1.26 bits per heavy atom. The van der Waals surface area contributed by atoms with Crippen molar-refractivity contribution < 1.29 is 26.7 Å². The van der Waals surface area contributed by atoms with E-state index in [1.165, 1.54) is 24.3 Å². The van der Waals surface area contributed by atoms with Crippen LogP contribution in [0.5, 0.6) is 0 Å². The Balaban J connectivity index is 2.04. The summed E-state index contributed by atoms with van der Waals surface area (Å²) in [6.07, 6.45) is -1.92. The zero-order valence-corrected chi connectivity index (χ0v) is 17.0. The quantitative estimate of drug-likeness (QED) is 0.760. The number of rotatable bonds is 2. The van der Waals surface area contributed by atoms with E-state index in [1.807, 2.05) is 6.07 Å². The van der Waals surface area contributed by atoms with Crippen LogP contribution in [-0.2, 0) is 16.3 Å². The van der Waals surface area contributed by atoms with Crippen LogP contribution in [0, 0.1) is 28.5 Å². The van der Waals surface area contributed by atoms with Crippen LogP contribution in [0.2, 0.25) is 0 Å². The fourth-order valence-electron chi connectivity index (χ4n) is 4.35. The maximum absolute atomic E-state index is 15.1. The summed E-state index contributed by atoms with van der Waals surface area (Å²) in [7, 11) is -3.87. The Morgan fingerprint density at radius 2 is 1.97 bits per heavy atom. The standard InChI is InChI=1S/C22H15F3N2O3S/c1-31(29,30)18-5-3-13(16-8-22(25,10-27)21(28)20(16)18)14-2-4-17(24)15-7-12(23)6-11(9-26)19(14)15/h2-3,5-7,17,21,28H,4,8H2,1H3/t17-,21-,22-/m0/s1. The summed E-state index contributed by atoms with van der Waals surface area (Å²) >= 11 is 0. The zero-order chi connectivity index (χ0) is 22.7. The van der Waals surface area contributed by atoms with Gasteiger partial charge in [0.2, 0.25) is 5.67 Å². The fraction of sp³-hybridized carbons (Fsp3) is 0.273. The second-order valence-electron chi connectivity index (χ2n) is 7.68. The number of aliphatic hydroxyl groups excluding tert-OH is 1. The summed E-state index contributed by atoms with van der Waals surface area (Å²) in [6, 6.07) is 7.76. The number of aliphatic hydroxyl groups is 1. The summed E-state index contributed by atoms with van der Waals surface area (Å²) in [4.78, 5) is -0.312. The van der Waals surface area contributed by atoms with Gasteiger partial charge >= 0.3 is 0 Å². The lowest BCUT2D eigenvalue weighted by Gasteiger charge is -2.24. The molecule has 2 aromatic rings. The molecular formula is C22H15F3N2O3S. The molecule has 0 aliphatic heterocycles. The molecule has 4 rings (SSSR count). The molecule has 0 spiro atoms. The summed E-state index contributed by atoms with van der Waals surface area (Å²) in [6.45, 7) is 0. The van der Waals surface area contributed by atoms with Crippen LogP contribution in [0.3, 0.4) is 0 Å². The van der Waals surface area contributed by atoms with Crippen molar-refractivity contribution in [3.05, 3.63) is 69.5 Å². The van der Waals surface area contributed by atoms with E-state index in [-0.39, 0.29) is 44.7 Å². The number of hydrogen-bond donors (Lipinski definition) is 1. The van der Waals surface area contributed by atoms with Crippen molar-refractivity contribution in [3.63, 3.8) is 0 Å². The lowest BCUT2D eigenvalue weighted by molar-refractivity contribution is 0.0433. The number of halogens is 3. The maximum atomic E-state index is 15.1. The average molecular weight is 444 g/mol. The van der Waals surface area contributed by atoms with Crippen LogP contribution in [-0.4, -0.2) is 25.4 Å². The van der Waals surface area contributed by atoms with Gasteiger partial charge in [0.15, 0.2) is 9.84 Å². The minimum absolute atomic E-state index is 0.0414. The van der Waals surface area contributed by atoms with Crippen LogP contribution in [0.25, 0.3) is 5.57 Å². The van der Waals surface area contributed by atoms with E-state index in [1.54, 1.807) is 0 Å². The molecule has 0 bridgehead atoms. The molecule has 0 amide bonds. The molecule has 0 radical (unpaired) electrons. The second-order valence-corrected chi connectivity index (χ2v) is 9.66. The molecule has 2 aliphatic rings. The Kier molecular flexibility index (Phi) is 4.73. The smallest absolute Gasteiger partial charge is 0.229 e. The molecular weight excluding hydrogens is 429 g/mol. The molecule has 1 N–H and O–H groups in total. The topological polar surface area (TPSA) is 102 Å². The zero-order valence-electron chi connectivity index (χ0n) is 16.2. The third-order valence-corrected chi connectivity index (χ3v) is 6.88. The highest BCUT2D eigenvalue weighted by atomic mass is 32.2. The van der Waals surface area contributed by atoms with Crippen LogP contribution < -0.4 is 0 Å². The van der Waals surface area contributed by atoms with Crippen molar-refractivity contribution in [2.24, 2.45) is 0 Å². The van der Waals surface area contributed by atoms with Gasteiger partial charge in [-0.25, -0.2) is 21.6 Å². The monoisotopic (exact) mass is 444 g/mol. The van der Waals surface area contributed by atoms with Crippen LogP contribution in [0.1, 0.15) is 52.1 Å². The largest absolute Gasteiger partial charge is 0.384 e. The molecule has 9 heteroatoms. The molecule has 0 saturated heterocycles. The molecule has 2 aromatic carbocycles. The van der Waals surface area contributed by atoms with Crippen molar-refractivity contribution in [2.75, 3.05) is 6.26 Å². The van der Waals surface area contributed by atoms with E-state index >= 15 is 4.39 Å². The fourth-order valence-corrected chi connectivity index (χ4v) is 5.30. The highest BCUT2D eigenvalue weighted by Crippen LogP contribution is 2.49. The summed E-state index contributed by atoms with van der Waals surface area (Å²) in [5, 5.41) is 29.3. The van der Waals surface area contributed by atoms with Crippen molar-refractivity contribution in [3.8, 4) is 12.1 Å². The molecule has 5 nitrogen and oxygen atoms in total.